The van der Waals surface area contributed by atoms with Gasteiger partial charge in [0, 0.05) is 19.1 Å². The molecule has 1 unspecified atom stereocenters. The van der Waals surface area contributed by atoms with E-state index in [2.05, 4.69) is 10.0 Å². The normalized spacial score (nSPS) is 15.9. The molecule has 2 aromatic carbocycles. The third-order valence-corrected chi connectivity index (χ3v) is 6.91. The van der Waals surface area contributed by atoms with Gasteiger partial charge in [0.05, 0.1) is 25.2 Å². The van der Waals surface area contributed by atoms with Gasteiger partial charge in [0.15, 0.2) is 11.5 Å². The summed E-state index contributed by atoms with van der Waals surface area (Å²) in [5.41, 5.74) is 2.80. The maximum Gasteiger partial charge on any atom is 0.318 e. The lowest BCUT2D eigenvalue weighted by Gasteiger charge is -2.38. The SMILES string of the molecule is COc1cc2c(cc1OC)C(CNS(=O)(=O)c1ccc(C)cc1)N(C(=O)NC(C)C)CC2. The van der Waals surface area contributed by atoms with Crippen molar-refractivity contribution in [2.75, 3.05) is 27.3 Å². The molecule has 0 radical (unpaired) electrons. The molecule has 9 heteroatoms. The molecule has 2 amide bonds. The fourth-order valence-corrected chi connectivity index (χ4v) is 4.85. The molecule has 1 aliphatic heterocycles. The molecule has 8 nitrogen and oxygen atoms in total. The fraction of sp³-hybridized carbons (Fsp3) is 0.435. The third-order valence-electron chi connectivity index (χ3n) is 5.47. The van der Waals surface area contributed by atoms with Gasteiger partial charge >= 0.3 is 6.03 Å². The number of methoxy groups -OCH3 is 2. The highest BCUT2D eigenvalue weighted by molar-refractivity contribution is 7.89. The molecular weight excluding hydrogens is 430 g/mol. The number of rotatable bonds is 7. The number of nitrogens with one attached hydrogen (secondary N) is 2. The Hall–Kier alpha value is -2.78. The predicted octanol–water partition coefficient (Wildman–Crippen LogP) is 3.01. The number of hydrogen-bond donors (Lipinski definition) is 2. The van der Waals surface area contributed by atoms with Crippen LogP contribution in [0.3, 0.4) is 0 Å². The Morgan fingerprint density at radius 2 is 1.75 bits per heavy atom. The molecule has 174 valence electrons. The average Bonchev–Trinajstić information content (AvgIpc) is 2.76. The largest absolute Gasteiger partial charge is 0.493 e. The monoisotopic (exact) mass is 461 g/mol. The van der Waals surface area contributed by atoms with Crippen molar-refractivity contribution in [3.63, 3.8) is 0 Å². The first kappa shape index (κ1) is 23.9. The van der Waals surface area contributed by atoms with Gasteiger partial charge in [0.25, 0.3) is 0 Å². The van der Waals surface area contributed by atoms with Crippen LogP contribution >= 0.6 is 0 Å². The van der Waals surface area contributed by atoms with Crippen molar-refractivity contribution in [2.45, 2.75) is 44.2 Å². The van der Waals surface area contributed by atoms with Crippen LogP contribution in [0.1, 0.15) is 36.6 Å². The first-order chi connectivity index (χ1) is 15.2. The number of urea groups is 1. The Morgan fingerprint density at radius 1 is 1.12 bits per heavy atom. The van der Waals surface area contributed by atoms with E-state index in [4.69, 9.17) is 9.47 Å². The van der Waals surface area contributed by atoms with Gasteiger partial charge in [0.2, 0.25) is 10.0 Å². The summed E-state index contributed by atoms with van der Waals surface area (Å²) in [5.74, 6) is 1.13. The molecule has 0 aliphatic carbocycles. The van der Waals surface area contributed by atoms with Crippen LogP contribution in [-0.4, -0.2) is 52.7 Å². The molecule has 0 saturated carbocycles. The van der Waals surface area contributed by atoms with E-state index in [1.807, 2.05) is 32.9 Å². The van der Waals surface area contributed by atoms with E-state index >= 15 is 0 Å². The number of hydrogen-bond acceptors (Lipinski definition) is 5. The summed E-state index contributed by atoms with van der Waals surface area (Å²) < 4.78 is 39.4. The maximum atomic E-state index is 12.9. The van der Waals surface area contributed by atoms with Crippen LogP contribution in [-0.2, 0) is 16.4 Å². The Balaban J connectivity index is 1.95. The number of amides is 2. The minimum Gasteiger partial charge on any atom is -0.493 e. The lowest BCUT2D eigenvalue weighted by Crippen LogP contribution is -2.50. The molecule has 0 spiro atoms. The van der Waals surface area contributed by atoms with Gasteiger partial charge in [-0.2, -0.15) is 0 Å². The summed E-state index contributed by atoms with van der Waals surface area (Å²) >= 11 is 0. The smallest absolute Gasteiger partial charge is 0.318 e. The van der Waals surface area contributed by atoms with Crippen LogP contribution in [0.4, 0.5) is 4.79 Å². The van der Waals surface area contributed by atoms with Gasteiger partial charge in [-0.05, 0) is 62.6 Å². The third kappa shape index (κ3) is 5.16. The first-order valence-electron chi connectivity index (χ1n) is 10.5. The number of ether oxygens (including phenoxy) is 2. The van der Waals surface area contributed by atoms with E-state index in [1.54, 1.807) is 43.4 Å². The van der Waals surface area contributed by atoms with Gasteiger partial charge in [-0.15, -0.1) is 0 Å². The van der Waals surface area contributed by atoms with Crippen LogP contribution in [0.15, 0.2) is 41.3 Å². The highest BCUT2D eigenvalue weighted by atomic mass is 32.2. The zero-order chi connectivity index (χ0) is 23.5. The summed E-state index contributed by atoms with van der Waals surface area (Å²) in [5, 5.41) is 2.91. The first-order valence-corrected chi connectivity index (χ1v) is 12.0. The molecule has 2 aromatic rings. The van der Waals surface area contributed by atoms with Gasteiger partial charge in [-0.1, -0.05) is 17.7 Å². The fourth-order valence-electron chi connectivity index (χ4n) is 3.81. The van der Waals surface area contributed by atoms with E-state index < -0.39 is 16.1 Å². The van der Waals surface area contributed by atoms with Gasteiger partial charge in [0.1, 0.15) is 0 Å². The highest BCUT2D eigenvalue weighted by Gasteiger charge is 2.33. The number of fused-ring (bicyclic) bond motifs is 1. The van der Waals surface area contributed by atoms with Crippen molar-refractivity contribution in [1.29, 1.82) is 0 Å². The van der Waals surface area contributed by atoms with Crippen molar-refractivity contribution in [1.82, 2.24) is 14.9 Å². The second-order valence-corrected chi connectivity index (χ2v) is 9.90. The zero-order valence-electron chi connectivity index (χ0n) is 19.1. The van der Waals surface area contributed by atoms with E-state index in [9.17, 15) is 13.2 Å². The Labute approximate surface area is 190 Å². The number of nitrogens with zero attached hydrogens (tertiary/aromatic N) is 1. The summed E-state index contributed by atoms with van der Waals surface area (Å²) in [6, 6.07) is 9.60. The van der Waals surface area contributed by atoms with E-state index in [-0.39, 0.29) is 23.5 Å². The van der Waals surface area contributed by atoms with Crippen LogP contribution < -0.4 is 19.5 Å². The second-order valence-electron chi connectivity index (χ2n) is 8.13. The van der Waals surface area contributed by atoms with Crippen molar-refractivity contribution in [3.05, 3.63) is 53.1 Å². The molecule has 1 atom stereocenters. The molecule has 1 heterocycles. The molecule has 0 saturated heterocycles. The van der Waals surface area contributed by atoms with Gasteiger partial charge in [-0.25, -0.2) is 17.9 Å². The molecule has 0 fully saturated rings. The van der Waals surface area contributed by atoms with Gasteiger partial charge < -0.3 is 19.7 Å². The van der Waals surface area contributed by atoms with Crippen LogP contribution in [0.25, 0.3) is 0 Å². The van der Waals surface area contributed by atoms with E-state index in [1.165, 1.54) is 0 Å². The molecular formula is C23H31N3O5S. The van der Waals surface area contributed by atoms with Crippen molar-refractivity contribution in [3.8, 4) is 11.5 Å². The topological polar surface area (TPSA) is 97.0 Å². The minimum atomic E-state index is -3.74. The van der Waals surface area contributed by atoms with Crippen molar-refractivity contribution >= 4 is 16.1 Å². The highest BCUT2D eigenvalue weighted by Crippen LogP contribution is 2.38. The van der Waals surface area contributed by atoms with E-state index in [0.717, 1.165) is 16.7 Å². The lowest BCUT2D eigenvalue weighted by atomic mass is 9.92. The number of aryl methyl sites for hydroxylation is 1. The number of sulfonamides is 1. The standard InChI is InChI=1S/C23H31N3O5S/c1-15(2)25-23(27)26-11-10-17-12-21(30-4)22(31-5)13-19(17)20(26)14-24-32(28,29)18-8-6-16(3)7-9-18/h6-9,12-13,15,20,24H,10-11,14H2,1-5H3,(H,25,27). The van der Waals surface area contributed by atoms with Gasteiger partial charge in [-0.3, -0.25) is 0 Å². The average molecular weight is 462 g/mol. The molecule has 32 heavy (non-hydrogen) atoms. The van der Waals surface area contributed by atoms with Crippen LogP contribution in [0.5, 0.6) is 11.5 Å². The lowest BCUT2D eigenvalue weighted by molar-refractivity contribution is 0.167. The molecule has 2 N–H and O–H groups in total. The second kappa shape index (κ2) is 9.79. The number of carbonyl (C=O) groups is 1. The predicted molar refractivity (Wildman–Crippen MR) is 123 cm³/mol. The van der Waals surface area contributed by atoms with E-state index in [0.29, 0.717) is 24.5 Å². The summed E-state index contributed by atoms with van der Waals surface area (Å²) in [7, 11) is -0.625. The van der Waals surface area contributed by atoms with Crippen molar-refractivity contribution in [2.24, 2.45) is 0 Å². The summed E-state index contributed by atoms with van der Waals surface area (Å²) in [6.45, 7) is 6.16. The maximum absolute atomic E-state index is 12.9. The van der Waals surface area contributed by atoms with Crippen LogP contribution in [0, 0.1) is 6.92 Å². The Morgan fingerprint density at radius 3 is 2.34 bits per heavy atom. The molecule has 3 rings (SSSR count). The Kier molecular flexibility index (Phi) is 7.30. The zero-order valence-corrected chi connectivity index (χ0v) is 20.0. The number of benzene rings is 2. The Bertz CT molecular complexity index is 1070. The number of carbonyl (C=O) groups excluding carboxylic acids is 1. The minimum absolute atomic E-state index is 0.0320. The molecule has 1 aliphatic rings. The quantitative estimate of drug-likeness (QED) is 0.661. The summed E-state index contributed by atoms with van der Waals surface area (Å²) in [4.78, 5) is 14.8. The molecule has 0 aromatic heterocycles. The van der Waals surface area contributed by atoms with Crippen molar-refractivity contribution < 1.29 is 22.7 Å². The summed E-state index contributed by atoms with van der Waals surface area (Å²) in [6.07, 6.45) is 0.627. The van der Waals surface area contributed by atoms with Crippen LogP contribution in [0.2, 0.25) is 0 Å². The molecule has 0 bridgehead atoms.